The Morgan fingerprint density at radius 2 is 1.71 bits per heavy atom. The third-order valence-corrected chi connectivity index (χ3v) is 5.00. The molecule has 24 heavy (non-hydrogen) atoms. The lowest BCUT2D eigenvalue weighted by molar-refractivity contribution is -0.124. The Hall–Kier alpha value is -2.14. The molecule has 0 spiro atoms. The van der Waals surface area contributed by atoms with E-state index in [9.17, 15) is 9.59 Å². The van der Waals surface area contributed by atoms with Crippen molar-refractivity contribution in [3.8, 4) is 0 Å². The molecule has 0 bridgehead atoms. The fourth-order valence-corrected chi connectivity index (χ4v) is 3.24. The zero-order valence-corrected chi connectivity index (χ0v) is 15.2. The summed E-state index contributed by atoms with van der Waals surface area (Å²) in [7, 11) is 0. The molecule has 2 N–H and O–H groups in total. The first kappa shape index (κ1) is 18.2. The van der Waals surface area contributed by atoms with Gasteiger partial charge < -0.3 is 10.6 Å². The maximum Gasteiger partial charge on any atom is 0.251 e. The molecule has 2 rings (SSSR count). The Morgan fingerprint density at radius 3 is 2.29 bits per heavy atom. The van der Waals surface area contributed by atoms with Crippen LogP contribution in [0.5, 0.6) is 0 Å². The molecule has 5 heteroatoms. The molecule has 0 radical (unpaired) electrons. The molecule has 4 nitrogen and oxygen atoms in total. The minimum absolute atomic E-state index is 0.00667. The molecule has 0 saturated carbocycles. The van der Waals surface area contributed by atoms with Crippen LogP contribution in [0.15, 0.2) is 42.5 Å². The average molecular weight is 344 g/mol. The van der Waals surface area contributed by atoms with Crippen LogP contribution in [-0.2, 0) is 17.8 Å². The van der Waals surface area contributed by atoms with Crippen LogP contribution in [0.3, 0.4) is 0 Å². The van der Waals surface area contributed by atoms with Gasteiger partial charge in [0.2, 0.25) is 5.91 Å². The first-order valence-electron chi connectivity index (χ1n) is 8.22. The molecule has 1 aromatic carbocycles. The number of nitrogens with one attached hydrogen (secondary N) is 2. The predicted octanol–water partition coefficient (Wildman–Crippen LogP) is 3.38. The van der Waals surface area contributed by atoms with Crippen LogP contribution in [0.1, 0.15) is 40.9 Å². The average Bonchev–Trinajstić information content (AvgIpc) is 3.06. The first-order valence-corrected chi connectivity index (χ1v) is 9.04. The lowest BCUT2D eigenvalue weighted by Gasteiger charge is -2.21. The summed E-state index contributed by atoms with van der Waals surface area (Å²) in [5.74, 6) is -0.373. The van der Waals surface area contributed by atoms with Gasteiger partial charge in [-0.25, -0.2) is 0 Å². The fourth-order valence-electron chi connectivity index (χ4n) is 2.34. The van der Waals surface area contributed by atoms with Crippen LogP contribution in [-0.4, -0.2) is 17.9 Å². The number of rotatable bonds is 7. The Balaban J connectivity index is 1.96. The van der Waals surface area contributed by atoms with Gasteiger partial charge in [-0.05, 0) is 36.6 Å². The smallest absolute Gasteiger partial charge is 0.251 e. The zero-order chi connectivity index (χ0) is 17.5. The summed E-state index contributed by atoms with van der Waals surface area (Å²) in [6, 6.07) is 12.5. The number of amides is 2. The van der Waals surface area contributed by atoms with E-state index in [0.717, 1.165) is 11.3 Å². The largest absolute Gasteiger partial charge is 0.349 e. The van der Waals surface area contributed by atoms with Crippen molar-refractivity contribution >= 4 is 23.2 Å². The minimum Gasteiger partial charge on any atom is -0.349 e. The number of aryl methyl sites for hydroxylation is 1. The molecule has 0 saturated heterocycles. The molecule has 2 aromatic rings. The first-order chi connectivity index (χ1) is 11.5. The molecule has 128 valence electrons. The molecular weight excluding hydrogens is 320 g/mol. The second-order valence-corrected chi connectivity index (χ2v) is 7.25. The number of carbonyl (C=O) groups is 2. The van der Waals surface area contributed by atoms with Gasteiger partial charge in [-0.2, -0.15) is 0 Å². The lowest BCUT2D eigenvalue weighted by atomic mass is 10.0. The number of hydrogen-bond acceptors (Lipinski definition) is 3. The summed E-state index contributed by atoms with van der Waals surface area (Å²) in [5, 5.41) is 5.77. The van der Waals surface area contributed by atoms with Crippen LogP contribution in [0, 0.1) is 5.92 Å². The van der Waals surface area contributed by atoms with Gasteiger partial charge in [0.25, 0.3) is 5.91 Å². The highest BCUT2D eigenvalue weighted by Crippen LogP contribution is 2.16. The van der Waals surface area contributed by atoms with E-state index in [0.29, 0.717) is 12.1 Å². The maximum atomic E-state index is 12.5. The van der Waals surface area contributed by atoms with Gasteiger partial charge in [-0.1, -0.05) is 39.0 Å². The highest BCUT2D eigenvalue weighted by Gasteiger charge is 2.24. The van der Waals surface area contributed by atoms with Crippen molar-refractivity contribution in [1.82, 2.24) is 10.6 Å². The summed E-state index contributed by atoms with van der Waals surface area (Å²) < 4.78 is 0. The van der Waals surface area contributed by atoms with E-state index < -0.39 is 6.04 Å². The Morgan fingerprint density at radius 1 is 1.04 bits per heavy atom. The van der Waals surface area contributed by atoms with Crippen molar-refractivity contribution in [1.29, 1.82) is 0 Å². The van der Waals surface area contributed by atoms with E-state index >= 15 is 0 Å². The molecule has 1 atom stereocenters. The van der Waals surface area contributed by atoms with Crippen molar-refractivity contribution in [3.63, 3.8) is 0 Å². The van der Waals surface area contributed by atoms with Crippen LogP contribution >= 0.6 is 11.3 Å². The van der Waals surface area contributed by atoms with Gasteiger partial charge in [0.15, 0.2) is 0 Å². The Labute approximate surface area is 147 Å². The highest BCUT2D eigenvalue weighted by molar-refractivity contribution is 7.11. The molecule has 2 amide bonds. The van der Waals surface area contributed by atoms with E-state index in [1.807, 2.05) is 38.1 Å². The van der Waals surface area contributed by atoms with Gasteiger partial charge in [-0.15, -0.1) is 11.3 Å². The minimum atomic E-state index is -0.552. The second-order valence-electron chi connectivity index (χ2n) is 6.00. The molecule has 1 heterocycles. The monoisotopic (exact) mass is 344 g/mol. The van der Waals surface area contributed by atoms with E-state index in [-0.39, 0.29) is 17.7 Å². The standard InChI is InChI=1S/C19H24N2O2S/c1-4-15-10-11-16(24-15)12-20-19(23)17(13(2)3)21-18(22)14-8-6-5-7-9-14/h5-11,13,17H,4,12H2,1-3H3,(H,20,23)(H,21,22)/t17-/m1/s1. The molecular formula is C19H24N2O2S. The normalized spacial score (nSPS) is 12.0. The van der Waals surface area contributed by atoms with Crippen LogP contribution in [0.25, 0.3) is 0 Å². The number of benzene rings is 1. The third-order valence-electron chi connectivity index (χ3n) is 3.77. The molecule has 0 aliphatic rings. The van der Waals surface area contributed by atoms with Gasteiger partial charge in [0, 0.05) is 15.3 Å². The van der Waals surface area contributed by atoms with Crippen molar-refractivity contribution in [3.05, 3.63) is 57.8 Å². The summed E-state index contributed by atoms with van der Waals surface area (Å²) >= 11 is 1.70. The molecule has 0 aliphatic heterocycles. The number of thiophene rings is 1. The Kier molecular flexibility index (Phi) is 6.55. The predicted molar refractivity (Wildman–Crippen MR) is 98.1 cm³/mol. The molecule has 0 unspecified atom stereocenters. The third kappa shape index (κ3) is 4.93. The highest BCUT2D eigenvalue weighted by atomic mass is 32.1. The van der Waals surface area contributed by atoms with Crippen LogP contribution < -0.4 is 10.6 Å². The fraction of sp³-hybridized carbons (Fsp3) is 0.368. The lowest BCUT2D eigenvalue weighted by Crippen LogP contribution is -2.49. The van der Waals surface area contributed by atoms with Gasteiger partial charge in [0.05, 0.1) is 6.54 Å². The molecule has 0 aliphatic carbocycles. The summed E-state index contributed by atoms with van der Waals surface area (Å²) in [5.41, 5.74) is 0.557. The second kappa shape index (κ2) is 8.64. The van der Waals surface area contributed by atoms with E-state index in [4.69, 9.17) is 0 Å². The Bertz CT molecular complexity index is 680. The number of carbonyl (C=O) groups excluding carboxylic acids is 2. The SMILES string of the molecule is CCc1ccc(CNC(=O)[C@H](NC(=O)c2ccccc2)C(C)C)s1. The summed E-state index contributed by atoms with van der Waals surface area (Å²) in [4.78, 5) is 27.2. The molecule has 0 fully saturated rings. The van der Waals surface area contributed by atoms with E-state index in [2.05, 4.69) is 23.6 Å². The number of hydrogen-bond donors (Lipinski definition) is 2. The van der Waals surface area contributed by atoms with Crippen molar-refractivity contribution < 1.29 is 9.59 Å². The molecule has 1 aromatic heterocycles. The van der Waals surface area contributed by atoms with Crippen LogP contribution in [0.4, 0.5) is 0 Å². The van der Waals surface area contributed by atoms with Crippen LogP contribution in [0.2, 0.25) is 0 Å². The van der Waals surface area contributed by atoms with Crippen molar-refractivity contribution in [2.45, 2.75) is 39.8 Å². The van der Waals surface area contributed by atoms with Gasteiger partial charge in [0.1, 0.15) is 6.04 Å². The summed E-state index contributed by atoms with van der Waals surface area (Å²) in [6.45, 7) is 6.46. The maximum absolute atomic E-state index is 12.5. The van der Waals surface area contributed by atoms with Crippen molar-refractivity contribution in [2.75, 3.05) is 0 Å². The van der Waals surface area contributed by atoms with Gasteiger partial charge >= 0.3 is 0 Å². The van der Waals surface area contributed by atoms with Gasteiger partial charge in [-0.3, -0.25) is 9.59 Å². The topological polar surface area (TPSA) is 58.2 Å². The quantitative estimate of drug-likeness (QED) is 0.809. The van der Waals surface area contributed by atoms with E-state index in [1.54, 1.807) is 23.5 Å². The zero-order valence-electron chi connectivity index (χ0n) is 14.3. The van der Waals surface area contributed by atoms with E-state index in [1.165, 1.54) is 4.88 Å². The summed E-state index contributed by atoms with van der Waals surface area (Å²) in [6.07, 6.45) is 1.00. The van der Waals surface area contributed by atoms with Crippen molar-refractivity contribution in [2.24, 2.45) is 5.92 Å².